The van der Waals surface area contributed by atoms with E-state index < -0.39 is 26.8 Å². The third kappa shape index (κ3) is 4.08. The predicted octanol–water partition coefficient (Wildman–Crippen LogP) is 4.14. The number of methoxy groups -OCH3 is 1. The Kier molecular flexibility index (Phi) is 4.76. The monoisotopic (exact) mass is 366 g/mol. The Morgan fingerprint density at radius 1 is 1.04 bits per heavy atom. The number of hydrogen-bond acceptors (Lipinski definition) is 4. The minimum Gasteiger partial charge on any atom is -0.497 e. The second kappa shape index (κ2) is 6.29. The van der Waals surface area contributed by atoms with Gasteiger partial charge >= 0.3 is 16.3 Å². The molecule has 2 rings (SSSR count). The summed E-state index contributed by atoms with van der Waals surface area (Å²) in [4.78, 5) is -1.02. The molecule has 0 heterocycles. The van der Waals surface area contributed by atoms with E-state index in [1.54, 1.807) is 0 Å². The predicted molar refractivity (Wildman–Crippen MR) is 77.3 cm³/mol. The fourth-order valence-corrected chi connectivity index (χ4v) is 3.06. The lowest BCUT2D eigenvalue weighted by Crippen LogP contribution is -2.17. The number of ether oxygens (including phenoxy) is 1. The molecule has 0 spiro atoms. The van der Waals surface area contributed by atoms with E-state index in [0.29, 0.717) is 11.8 Å². The van der Waals surface area contributed by atoms with Crippen molar-refractivity contribution in [2.45, 2.75) is 11.1 Å². The number of alkyl halides is 3. The minimum atomic E-state index is -4.90. The first-order valence-corrected chi connectivity index (χ1v) is 7.87. The smallest absolute Gasteiger partial charge is 0.417 e. The van der Waals surface area contributed by atoms with Crippen molar-refractivity contribution in [1.82, 2.24) is 0 Å². The molecule has 9 heteroatoms. The van der Waals surface area contributed by atoms with Crippen molar-refractivity contribution >= 4 is 21.7 Å². The first kappa shape index (κ1) is 17.4. The Bertz CT molecular complexity index is 819. The summed E-state index contributed by atoms with van der Waals surface area (Å²) >= 11 is 5.52. The van der Waals surface area contributed by atoms with E-state index in [0.717, 1.165) is 12.1 Å². The van der Waals surface area contributed by atoms with Crippen LogP contribution in [0, 0.1) is 0 Å². The number of halogens is 4. The molecule has 0 unspecified atom stereocenters. The van der Waals surface area contributed by atoms with Crippen LogP contribution in [-0.4, -0.2) is 15.5 Å². The molecule has 2 aromatic rings. The third-order valence-electron chi connectivity index (χ3n) is 2.76. The molecule has 23 heavy (non-hydrogen) atoms. The standard InChI is InChI=1S/C14H10ClF3O4S/c1-21-10-3-2-4-11(8-10)22-23(19,20)13-6-5-9(15)7-12(13)14(16,17)18/h2-8H,1H3. The van der Waals surface area contributed by atoms with Gasteiger partial charge in [-0.2, -0.15) is 21.6 Å². The lowest BCUT2D eigenvalue weighted by atomic mass is 10.2. The quantitative estimate of drug-likeness (QED) is 0.763. The van der Waals surface area contributed by atoms with Gasteiger partial charge < -0.3 is 8.92 Å². The van der Waals surface area contributed by atoms with Crippen LogP contribution in [0.4, 0.5) is 13.2 Å². The van der Waals surface area contributed by atoms with Crippen molar-refractivity contribution in [3.8, 4) is 11.5 Å². The summed E-state index contributed by atoms with van der Waals surface area (Å²) in [6.45, 7) is 0. The average molecular weight is 367 g/mol. The number of hydrogen-bond donors (Lipinski definition) is 0. The molecule has 0 radical (unpaired) electrons. The summed E-state index contributed by atoms with van der Waals surface area (Å²) in [5.74, 6) is 0.122. The van der Waals surface area contributed by atoms with Gasteiger partial charge in [-0.15, -0.1) is 0 Å². The van der Waals surface area contributed by atoms with Crippen LogP contribution in [0.1, 0.15) is 5.56 Å². The lowest BCUT2D eigenvalue weighted by molar-refractivity contribution is -0.139. The van der Waals surface area contributed by atoms with Crippen molar-refractivity contribution in [3.05, 3.63) is 53.1 Å². The van der Waals surface area contributed by atoms with Gasteiger partial charge in [0.1, 0.15) is 16.4 Å². The maximum atomic E-state index is 13.0. The van der Waals surface area contributed by atoms with E-state index in [9.17, 15) is 21.6 Å². The molecule has 0 aliphatic carbocycles. The van der Waals surface area contributed by atoms with Crippen molar-refractivity contribution < 1.29 is 30.5 Å². The molecule has 0 saturated carbocycles. The maximum Gasteiger partial charge on any atom is 0.417 e. The van der Waals surface area contributed by atoms with E-state index in [2.05, 4.69) is 0 Å². The second-order valence-corrected chi connectivity index (χ2v) is 6.31. The summed E-state index contributed by atoms with van der Waals surface area (Å²) in [5.41, 5.74) is -1.40. The average Bonchev–Trinajstić information content (AvgIpc) is 2.45. The van der Waals surface area contributed by atoms with E-state index in [4.69, 9.17) is 20.5 Å². The van der Waals surface area contributed by atoms with E-state index >= 15 is 0 Å². The highest BCUT2D eigenvalue weighted by Gasteiger charge is 2.38. The highest BCUT2D eigenvalue weighted by molar-refractivity contribution is 7.87. The molecule has 0 fully saturated rings. The highest BCUT2D eigenvalue weighted by Crippen LogP contribution is 2.36. The van der Waals surface area contributed by atoms with Gasteiger partial charge in [-0.3, -0.25) is 0 Å². The summed E-state index contributed by atoms with van der Waals surface area (Å²) in [6, 6.07) is 7.81. The summed E-state index contributed by atoms with van der Waals surface area (Å²) in [6.07, 6.45) is -4.90. The highest BCUT2D eigenvalue weighted by atomic mass is 35.5. The van der Waals surface area contributed by atoms with Gasteiger partial charge in [0.2, 0.25) is 0 Å². The van der Waals surface area contributed by atoms with Gasteiger partial charge in [0, 0.05) is 11.1 Å². The van der Waals surface area contributed by atoms with E-state index in [1.165, 1.54) is 31.4 Å². The van der Waals surface area contributed by atoms with Crippen LogP contribution in [-0.2, 0) is 16.3 Å². The van der Waals surface area contributed by atoms with Crippen LogP contribution in [0.2, 0.25) is 5.02 Å². The van der Waals surface area contributed by atoms with Gasteiger partial charge in [-0.05, 0) is 30.3 Å². The van der Waals surface area contributed by atoms with Gasteiger partial charge in [-0.25, -0.2) is 0 Å². The maximum absolute atomic E-state index is 13.0. The van der Waals surface area contributed by atoms with Crippen LogP contribution in [0.25, 0.3) is 0 Å². The normalized spacial score (nSPS) is 12.0. The zero-order valence-corrected chi connectivity index (χ0v) is 13.2. The van der Waals surface area contributed by atoms with Crippen LogP contribution in [0.15, 0.2) is 47.4 Å². The molecule has 0 aliphatic rings. The minimum absolute atomic E-state index is 0.174. The fraction of sp³-hybridized carbons (Fsp3) is 0.143. The first-order chi connectivity index (χ1) is 10.6. The molecule has 0 N–H and O–H groups in total. The molecule has 4 nitrogen and oxygen atoms in total. The Morgan fingerprint density at radius 2 is 1.70 bits per heavy atom. The van der Waals surface area contributed by atoms with Crippen molar-refractivity contribution in [1.29, 1.82) is 0 Å². The Morgan fingerprint density at radius 3 is 2.30 bits per heavy atom. The third-order valence-corrected chi connectivity index (χ3v) is 4.31. The summed E-state index contributed by atoms with van der Waals surface area (Å²) in [5, 5.41) is -0.238. The molecule has 0 aromatic heterocycles. The zero-order valence-electron chi connectivity index (χ0n) is 11.6. The molecule has 0 saturated heterocycles. The largest absolute Gasteiger partial charge is 0.497 e. The van der Waals surface area contributed by atoms with Crippen molar-refractivity contribution in [3.63, 3.8) is 0 Å². The molecular formula is C14H10ClF3O4S. The van der Waals surface area contributed by atoms with Gasteiger partial charge in [-0.1, -0.05) is 17.7 Å². The van der Waals surface area contributed by atoms with Crippen molar-refractivity contribution in [2.75, 3.05) is 7.11 Å². The van der Waals surface area contributed by atoms with Crippen LogP contribution in [0.5, 0.6) is 11.5 Å². The SMILES string of the molecule is COc1cccc(OS(=O)(=O)c2ccc(Cl)cc2C(F)(F)F)c1. The van der Waals surface area contributed by atoms with Crippen LogP contribution < -0.4 is 8.92 Å². The summed E-state index contributed by atoms with van der Waals surface area (Å²) in [7, 11) is -3.35. The molecule has 0 atom stereocenters. The molecule has 0 aliphatic heterocycles. The topological polar surface area (TPSA) is 52.6 Å². The van der Waals surface area contributed by atoms with Gasteiger partial charge in [0.25, 0.3) is 0 Å². The fourth-order valence-electron chi connectivity index (χ4n) is 1.77. The summed E-state index contributed by atoms with van der Waals surface area (Å²) < 4.78 is 73.1. The van der Waals surface area contributed by atoms with E-state index in [1.807, 2.05) is 0 Å². The second-order valence-electron chi connectivity index (χ2n) is 4.35. The van der Waals surface area contributed by atoms with Gasteiger partial charge in [0.15, 0.2) is 0 Å². The Labute approximate surface area is 135 Å². The Balaban J connectivity index is 2.48. The first-order valence-electron chi connectivity index (χ1n) is 6.09. The van der Waals surface area contributed by atoms with Crippen LogP contribution in [0.3, 0.4) is 0 Å². The zero-order chi connectivity index (χ0) is 17.3. The molecule has 0 bridgehead atoms. The van der Waals surface area contributed by atoms with Crippen molar-refractivity contribution in [2.24, 2.45) is 0 Å². The molecule has 0 amide bonds. The Hall–Kier alpha value is -1.93. The van der Waals surface area contributed by atoms with Crippen LogP contribution >= 0.6 is 11.6 Å². The van der Waals surface area contributed by atoms with E-state index in [-0.39, 0.29) is 10.8 Å². The van der Waals surface area contributed by atoms with Gasteiger partial charge in [0.05, 0.1) is 12.7 Å². The molecule has 124 valence electrons. The molecule has 2 aromatic carbocycles. The molecular weight excluding hydrogens is 357 g/mol. The number of rotatable bonds is 4. The lowest BCUT2D eigenvalue weighted by Gasteiger charge is -2.14. The number of benzene rings is 2.